The van der Waals surface area contributed by atoms with Crippen molar-refractivity contribution in [2.24, 2.45) is 23.5 Å². The summed E-state index contributed by atoms with van der Waals surface area (Å²) in [5, 5.41) is 1.08. The molecule has 6 heteroatoms. The Bertz CT molecular complexity index is 781. The first kappa shape index (κ1) is 17.4. The Hall–Kier alpha value is -1.66. The fraction of sp³-hybridized carbons (Fsp3) is 0.619. The lowest BCUT2D eigenvalue weighted by atomic mass is 9.65. The minimum Gasteiger partial charge on any atom is -0.345 e. The van der Waals surface area contributed by atoms with Crippen LogP contribution in [0.15, 0.2) is 24.3 Å². The zero-order chi connectivity index (χ0) is 18.4. The van der Waals surface area contributed by atoms with Gasteiger partial charge >= 0.3 is 0 Å². The molecule has 1 aromatic heterocycles. The summed E-state index contributed by atoms with van der Waals surface area (Å²) in [6.45, 7) is 3.38. The first-order valence-corrected chi connectivity index (χ1v) is 11.2. The zero-order valence-corrected chi connectivity index (χ0v) is 16.5. The minimum atomic E-state index is 0.203. The lowest BCUT2D eigenvalue weighted by Gasteiger charge is -2.45. The van der Waals surface area contributed by atoms with Crippen molar-refractivity contribution >= 4 is 32.6 Å². The first-order chi connectivity index (χ1) is 13.2. The second-order valence-corrected chi connectivity index (χ2v) is 9.48. The van der Waals surface area contributed by atoms with Crippen LogP contribution in [-0.4, -0.2) is 48.0 Å². The van der Waals surface area contributed by atoms with E-state index in [2.05, 4.69) is 28.0 Å². The number of para-hydroxylation sites is 1. The Morgan fingerprint density at radius 2 is 1.78 bits per heavy atom. The number of aromatic nitrogens is 1. The van der Waals surface area contributed by atoms with Gasteiger partial charge in [-0.1, -0.05) is 29.9 Å². The molecule has 5 rings (SSSR count). The number of benzene rings is 1. The second kappa shape index (κ2) is 7.06. The Labute approximate surface area is 164 Å². The summed E-state index contributed by atoms with van der Waals surface area (Å²) in [6, 6.07) is 8.62. The molecule has 5 nitrogen and oxygen atoms in total. The molecule has 3 fully saturated rings. The van der Waals surface area contributed by atoms with Crippen molar-refractivity contribution in [2.75, 3.05) is 31.1 Å². The predicted molar refractivity (Wildman–Crippen MR) is 110 cm³/mol. The number of nitrogens with two attached hydrogens (primary N) is 1. The lowest BCUT2D eigenvalue weighted by molar-refractivity contribution is -0.138. The van der Waals surface area contributed by atoms with Crippen molar-refractivity contribution in [3.63, 3.8) is 0 Å². The fourth-order valence-electron chi connectivity index (χ4n) is 5.36. The Morgan fingerprint density at radius 1 is 1.07 bits per heavy atom. The molecular formula is C21H28N4OS. The van der Waals surface area contributed by atoms with Gasteiger partial charge in [0.2, 0.25) is 5.91 Å². The van der Waals surface area contributed by atoms with E-state index >= 15 is 0 Å². The van der Waals surface area contributed by atoms with E-state index in [1.54, 1.807) is 11.3 Å². The monoisotopic (exact) mass is 384 g/mol. The number of piperazine rings is 1. The molecule has 0 spiro atoms. The molecule has 2 N–H and O–H groups in total. The van der Waals surface area contributed by atoms with Crippen LogP contribution in [0.4, 0.5) is 5.13 Å². The third kappa shape index (κ3) is 3.23. The summed E-state index contributed by atoms with van der Waals surface area (Å²) in [6.07, 6.45) is 5.74. The van der Waals surface area contributed by atoms with E-state index in [0.29, 0.717) is 23.8 Å². The molecule has 2 atom stereocenters. The van der Waals surface area contributed by atoms with Gasteiger partial charge in [0.15, 0.2) is 5.13 Å². The molecule has 3 aliphatic rings. The highest BCUT2D eigenvalue weighted by atomic mass is 32.1. The van der Waals surface area contributed by atoms with Crippen LogP contribution in [0, 0.1) is 17.8 Å². The molecule has 2 unspecified atom stereocenters. The van der Waals surface area contributed by atoms with E-state index in [9.17, 15) is 4.79 Å². The van der Waals surface area contributed by atoms with Crippen molar-refractivity contribution in [2.45, 2.75) is 38.1 Å². The van der Waals surface area contributed by atoms with Gasteiger partial charge in [-0.15, -0.1) is 0 Å². The molecular weight excluding hydrogens is 356 g/mol. The highest BCUT2D eigenvalue weighted by Gasteiger charge is 2.42. The number of hydrogen-bond donors (Lipinski definition) is 1. The first-order valence-electron chi connectivity index (χ1n) is 10.3. The average Bonchev–Trinajstić information content (AvgIpc) is 3.12. The second-order valence-electron chi connectivity index (χ2n) is 8.47. The van der Waals surface area contributed by atoms with Crippen molar-refractivity contribution in [3.8, 4) is 0 Å². The van der Waals surface area contributed by atoms with Gasteiger partial charge in [-0.3, -0.25) is 4.79 Å². The topological polar surface area (TPSA) is 62.5 Å². The summed E-state index contributed by atoms with van der Waals surface area (Å²) < 4.78 is 1.23. The SMILES string of the molecule is NC1C2CCCC1CC(C(=O)N1CCN(c3nc4ccccc4s3)CC1)C2. The highest BCUT2D eigenvalue weighted by molar-refractivity contribution is 7.22. The van der Waals surface area contributed by atoms with Crippen LogP contribution in [0.25, 0.3) is 10.2 Å². The number of carbonyl (C=O) groups is 1. The van der Waals surface area contributed by atoms with E-state index < -0.39 is 0 Å². The van der Waals surface area contributed by atoms with Crippen molar-refractivity contribution in [1.29, 1.82) is 0 Å². The lowest BCUT2D eigenvalue weighted by Crippen LogP contribution is -2.53. The molecule has 144 valence electrons. The van der Waals surface area contributed by atoms with Gasteiger partial charge in [0.25, 0.3) is 0 Å². The normalized spacial score (nSPS) is 31.3. The van der Waals surface area contributed by atoms with Crippen LogP contribution in [0.2, 0.25) is 0 Å². The van der Waals surface area contributed by atoms with Crippen LogP contribution in [0.3, 0.4) is 0 Å². The average molecular weight is 385 g/mol. The number of thiazole rings is 1. The molecule has 1 aromatic carbocycles. The van der Waals surface area contributed by atoms with E-state index in [4.69, 9.17) is 10.7 Å². The maximum absolute atomic E-state index is 13.1. The predicted octanol–water partition coefficient (Wildman–Crippen LogP) is 3.10. The molecule has 1 saturated heterocycles. The Kier molecular flexibility index (Phi) is 4.56. The molecule has 1 amide bonds. The van der Waals surface area contributed by atoms with Gasteiger partial charge in [-0.2, -0.15) is 0 Å². The number of anilines is 1. The quantitative estimate of drug-likeness (QED) is 0.864. The summed E-state index contributed by atoms with van der Waals surface area (Å²) in [4.78, 5) is 22.3. The maximum Gasteiger partial charge on any atom is 0.225 e. The molecule has 0 radical (unpaired) electrons. The molecule has 2 aliphatic carbocycles. The molecule has 2 saturated carbocycles. The molecule has 2 aromatic rings. The van der Waals surface area contributed by atoms with Gasteiger partial charge in [0, 0.05) is 38.1 Å². The standard InChI is InChI=1S/C21H28N4OS/c22-19-14-4-3-5-15(19)13-16(12-14)20(26)24-8-10-25(11-9-24)21-23-17-6-1-2-7-18(17)27-21/h1-2,6-7,14-16,19H,3-5,8-13,22H2. The van der Waals surface area contributed by atoms with Crippen LogP contribution in [-0.2, 0) is 4.79 Å². The highest BCUT2D eigenvalue weighted by Crippen LogP contribution is 2.42. The number of nitrogens with zero attached hydrogens (tertiary/aromatic N) is 3. The Balaban J connectivity index is 1.22. The Morgan fingerprint density at radius 3 is 2.48 bits per heavy atom. The molecule has 2 heterocycles. The van der Waals surface area contributed by atoms with Crippen LogP contribution < -0.4 is 10.6 Å². The van der Waals surface area contributed by atoms with E-state index in [1.807, 2.05) is 6.07 Å². The zero-order valence-electron chi connectivity index (χ0n) is 15.7. The number of rotatable bonds is 2. The third-order valence-electron chi connectivity index (χ3n) is 6.91. The summed E-state index contributed by atoms with van der Waals surface area (Å²) in [5.74, 6) is 1.71. The van der Waals surface area contributed by atoms with Gasteiger partial charge < -0.3 is 15.5 Å². The van der Waals surface area contributed by atoms with Crippen LogP contribution in [0.5, 0.6) is 0 Å². The van der Waals surface area contributed by atoms with Gasteiger partial charge in [-0.25, -0.2) is 4.98 Å². The van der Waals surface area contributed by atoms with Crippen molar-refractivity contribution < 1.29 is 4.79 Å². The van der Waals surface area contributed by atoms with Crippen LogP contribution >= 0.6 is 11.3 Å². The molecule has 1 aliphatic heterocycles. The smallest absolute Gasteiger partial charge is 0.225 e. The molecule has 2 bridgehead atoms. The largest absolute Gasteiger partial charge is 0.345 e. The number of hydrogen-bond acceptors (Lipinski definition) is 5. The van der Waals surface area contributed by atoms with Gasteiger partial charge in [-0.05, 0) is 49.7 Å². The van der Waals surface area contributed by atoms with Gasteiger partial charge in [0.05, 0.1) is 10.2 Å². The number of carbonyl (C=O) groups excluding carboxylic acids is 1. The number of amides is 1. The summed E-state index contributed by atoms with van der Waals surface area (Å²) in [7, 11) is 0. The van der Waals surface area contributed by atoms with E-state index in [0.717, 1.165) is 49.7 Å². The third-order valence-corrected chi connectivity index (χ3v) is 8.00. The minimum absolute atomic E-state index is 0.203. The summed E-state index contributed by atoms with van der Waals surface area (Å²) >= 11 is 1.75. The maximum atomic E-state index is 13.1. The number of fused-ring (bicyclic) bond motifs is 3. The fourth-order valence-corrected chi connectivity index (χ4v) is 6.38. The van der Waals surface area contributed by atoms with E-state index in [-0.39, 0.29) is 5.92 Å². The van der Waals surface area contributed by atoms with E-state index in [1.165, 1.54) is 24.0 Å². The van der Waals surface area contributed by atoms with Crippen molar-refractivity contribution in [1.82, 2.24) is 9.88 Å². The van der Waals surface area contributed by atoms with Gasteiger partial charge in [0.1, 0.15) is 0 Å². The van der Waals surface area contributed by atoms with Crippen LogP contribution in [0.1, 0.15) is 32.1 Å². The molecule has 27 heavy (non-hydrogen) atoms. The van der Waals surface area contributed by atoms with Crippen molar-refractivity contribution in [3.05, 3.63) is 24.3 Å². The summed E-state index contributed by atoms with van der Waals surface area (Å²) in [5.41, 5.74) is 7.47.